The molecule has 0 spiro atoms. The van der Waals surface area contributed by atoms with Gasteiger partial charge in [0.05, 0.1) is 10.6 Å². The van der Waals surface area contributed by atoms with Crippen molar-refractivity contribution in [2.75, 3.05) is 13.1 Å². The standard InChI is InChI=1S/C13H14ClNO/c1-10-6-8-15(9-7-10)13(16)11-4-2-3-5-12(11)14/h2-5H,1,6-9H2. The minimum atomic E-state index is 0.0260. The number of amides is 1. The number of halogens is 1. The predicted octanol–water partition coefficient (Wildman–Crippen LogP) is 3.13. The summed E-state index contributed by atoms with van der Waals surface area (Å²) in [7, 11) is 0. The quantitative estimate of drug-likeness (QED) is 0.685. The van der Waals surface area contributed by atoms with Gasteiger partial charge in [-0.05, 0) is 25.0 Å². The second-order valence-electron chi connectivity index (χ2n) is 4.02. The van der Waals surface area contributed by atoms with Crippen LogP contribution in [0, 0.1) is 0 Å². The number of rotatable bonds is 1. The van der Waals surface area contributed by atoms with E-state index in [1.54, 1.807) is 12.1 Å². The molecule has 0 saturated carbocycles. The van der Waals surface area contributed by atoms with Crippen LogP contribution in [0.3, 0.4) is 0 Å². The molecule has 84 valence electrons. The number of benzene rings is 1. The van der Waals surface area contributed by atoms with E-state index >= 15 is 0 Å². The zero-order chi connectivity index (χ0) is 11.5. The highest BCUT2D eigenvalue weighted by Crippen LogP contribution is 2.20. The molecule has 0 atom stereocenters. The van der Waals surface area contributed by atoms with Gasteiger partial charge in [-0.25, -0.2) is 0 Å². The molecule has 1 aromatic rings. The Balaban J connectivity index is 2.14. The SMILES string of the molecule is C=C1CCN(C(=O)c2ccccc2Cl)CC1. The van der Waals surface area contributed by atoms with Gasteiger partial charge in [0.15, 0.2) is 0 Å². The van der Waals surface area contributed by atoms with Gasteiger partial charge >= 0.3 is 0 Å². The maximum absolute atomic E-state index is 12.1. The van der Waals surface area contributed by atoms with Gasteiger partial charge in [-0.3, -0.25) is 4.79 Å². The van der Waals surface area contributed by atoms with Gasteiger partial charge in [0.1, 0.15) is 0 Å². The normalized spacial score (nSPS) is 16.3. The van der Waals surface area contributed by atoms with Crippen LogP contribution in [-0.4, -0.2) is 23.9 Å². The molecule has 2 nitrogen and oxygen atoms in total. The number of carbonyl (C=O) groups is 1. The number of likely N-dealkylation sites (tertiary alicyclic amines) is 1. The van der Waals surface area contributed by atoms with Gasteiger partial charge < -0.3 is 4.90 Å². The van der Waals surface area contributed by atoms with Crippen molar-refractivity contribution >= 4 is 17.5 Å². The van der Waals surface area contributed by atoms with Crippen molar-refractivity contribution in [1.29, 1.82) is 0 Å². The van der Waals surface area contributed by atoms with Crippen molar-refractivity contribution in [3.8, 4) is 0 Å². The Morgan fingerprint density at radius 3 is 2.50 bits per heavy atom. The molecule has 0 aliphatic carbocycles. The van der Waals surface area contributed by atoms with Gasteiger partial charge in [-0.15, -0.1) is 0 Å². The molecule has 0 radical (unpaired) electrons. The van der Waals surface area contributed by atoms with E-state index in [0.717, 1.165) is 25.9 Å². The van der Waals surface area contributed by atoms with Crippen molar-refractivity contribution in [2.24, 2.45) is 0 Å². The lowest BCUT2D eigenvalue weighted by Crippen LogP contribution is -2.36. The number of hydrogen-bond acceptors (Lipinski definition) is 1. The maximum Gasteiger partial charge on any atom is 0.255 e. The van der Waals surface area contributed by atoms with Crippen LogP contribution in [0.5, 0.6) is 0 Å². The first-order valence-electron chi connectivity index (χ1n) is 5.39. The Kier molecular flexibility index (Phi) is 3.30. The van der Waals surface area contributed by atoms with E-state index in [1.165, 1.54) is 5.57 Å². The molecule has 1 amide bonds. The number of carbonyl (C=O) groups excluding carboxylic acids is 1. The van der Waals surface area contributed by atoms with Crippen LogP contribution < -0.4 is 0 Å². The van der Waals surface area contributed by atoms with Gasteiger partial charge in [0.2, 0.25) is 0 Å². The molecule has 1 heterocycles. The van der Waals surface area contributed by atoms with Crippen LogP contribution in [-0.2, 0) is 0 Å². The minimum Gasteiger partial charge on any atom is -0.338 e. The molecule has 1 saturated heterocycles. The van der Waals surface area contributed by atoms with Crippen LogP contribution >= 0.6 is 11.6 Å². The van der Waals surface area contributed by atoms with Crippen molar-refractivity contribution < 1.29 is 4.79 Å². The molecule has 0 N–H and O–H groups in total. The fourth-order valence-electron chi connectivity index (χ4n) is 1.83. The topological polar surface area (TPSA) is 20.3 Å². The molecule has 1 fully saturated rings. The smallest absolute Gasteiger partial charge is 0.255 e. The molecule has 1 aliphatic rings. The van der Waals surface area contributed by atoms with Gasteiger partial charge in [0, 0.05) is 13.1 Å². The van der Waals surface area contributed by atoms with Gasteiger partial charge in [0.25, 0.3) is 5.91 Å². The summed E-state index contributed by atoms with van der Waals surface area (Å²) in [5, 5.41) is 0.525. The fraction of sp³-hybridized carbons (Fsp3) is 0.308. The van der Waals surface area contributed by atoms with E-state index in [2.05, 4.69) is 6.58 Å². The Morgan fingerprint density at radius 1 is 1.25 bits per heavy atom. The average Bonchev–Trinajstić information content (AvgIpc) is 2.30. The summed E-state index contributed by atoms with van der Waals surface area (Å²) in [6.45, 7) is 5.44. The third kappa shape index (κ3) is 2.27. The number of piperidine rings is 1. The summed E-state index contributed by atoms with van der Waals surface area (Å²) in [5.74, 6) is 0.0260. The molecule has 3 heteroatoms. The van der Waals surface area contributed by atoms with Crippen LogP contribution in [0.25, 0.3) is 0 Å². The zero-order valence-corrected chi connectivity index (χ0v) is 9.83. The van der Waals surface area contributed by atoms with Crippen molar-refractivity contribution in [3.05, 3.63) is 47.0 Å². The number of hydrogen-bond donors (Lipinski definition) is 0. The third-order valence-corrected chi connectivity index (χ3v) is 3.19. The lowest BCUT2D eigenvalue weighted by Gasteiger charge is -2.28. The molecule has 0 unspecified atom stereocenters. The lowest BCUT2D eigenvalue weighted by molar-refractivity contribution is 0.0744. The summed E-state index contributed by atoms with van der Waals surface area (Å²) >= 11 is 6.00. The summed E-state index contributed by atoms with van der Waals surface area (Å²) in [6, 6.07) is 7.19. The largest absolute Gasteiger partial charge is 0.338 e. The Labute approximate surface area is 101 Å². The third-order valence-electron chi connectivity index (χ3n) is 2.86. The van der Waals surface area contributed by atoms with Crippen LogP contribution in [0.4, 0.5) is 0 Å². The van der Waals surface area contributed by atoms with E-state index in [9.17, 15) is 4.79 Å². The van der Waals surface area contributed by atoms with E-state index in [4.69, 9.17) is 11.6 Å². The van der Waals surface area contributed by atoms with Crippen molar-refractivity contribution in [3.63, 3.8) is 0 Å². The van der Waals surface area contributed by atoms with E-state index in [0.29, 0.717) is 10.6 Å². The Bertz CT molecular complexity index is 418. The second-order valence-corrected chi connectivity index (χ2v) is 4.43. The summed E-state index contributed by atoms with van der Waals surface area (Å²) in [6.07, 6.45) is 1.80. The minimum absolute atomic E-state index is 0.0260. The Morgan fingerprint density at radius 2 is 1.88 bits per heavy atom. The molecule has 0 bridgehead atoms. The first-order chi connectivity index (χ1) is 7.68. The first-order valence-corrected chi connectivity index (χ1v) is 5.77. The predicted molar refractivity (Wildman–Crippen MR) is 65.7 cm³/mol. The zero-order valence-electron chi connectivity index (χ0n) is 9.08. The van der Waals surface area contributed by atoms with E-state index in [1.807, 2.05) is 17.0 Å². The molecule has 16 heavy (non-hydrogen) atoms. The second kappa shape index (κ2) is 4.71. The van der Waals surface area contributed by atoms with Gasteiger partial charge in [-0.2, -0.15) is 0 Å². The molecule has 2 rings (SSSR count). The Hall–Kier alpha value is -1.28. The van der Waals surface area contributed by atoms with Crippen LogP contribution in [0.15, 0.2) is 36.4 Å². The average molecular weight is 236 g/mol. The highest BCUT2D eigenvalue weighted by molar-refractivity contribution is 6.33. The highest BCUT2D eigenvalue weighted by atomic mass is 35.5. The van der Waals surface area contributed by atoms with Crippen molar-refractivity contribution in [2.45, 2.75) is 12.8 Å². The molecule has 0 aromatic heterocycles. The summed E-state index contributed by atoms with van der Waals surface area (Å²) in [4.78, 5) is 14.0. The maximum atomic E-state index is 12.1. The van der Waals surface area contributed by atoms with Gasteiger partial charge in [-0.1, -0.05) is 35.9 Å². The van der Waals surface area contributed by atoms with Crippen LogP contribution in [0.1, 0.15) is 23.2 Å². The molecule has 1 aromatic carbocycles. The number of nitrogens with zero attached hydrogens (tertiary/aromatic N) is 1. The first kappa shape index (κ1) is 11.2. The fourth-order valence-corrected chi connectivity index (χ4v) is 2.05. The van der Waals surface area contributed by atoms with Crippen LogP contribution in [0.2, 0.25) is 5.02 Å². The lowest BCUT2D eigenvalue weighted by atomic mass is 10.0. The van der Waals surface area contributed by atoms with E-state index < -0.39 is 0 Å². The monoisotopic (exact) mass is 235 g/mol. The molecular formula is C13H14ClNO. The molecular weight excluding hydrogens is 222 g/mol. The summed E-state index contributed by atoms with van der Waals surface area (Å²) in [5.41, 5.74) is 1.82. The van der Waals surface area contributed by atoms with E-state index in [-0.39, 0.29) is 5.91 Å². The summed E-state index contributed by atoms with van der Waals surface area (Å²) < 4.78 is 0. The molecule has 1 aliphatic heterocycles. The van der Waals surface area contributed by atoms with Crippen molar-refractivity contribution in [1.82, 2.24) is 4.90 Å². The highest BCUT2D eigenvalue weighted by Gasteiger charge is 2.20.